The van der Waals surface area contributed by atoms with Crippen molar-refractivity contribution in [2.45, 2.75) is 33.2 Å². The van der Waals surface area contributed by atoms with Gasteiger partial charge >= 0.3 is 0 Å². The molecular formula is C17H25N3O. The van der Waals surface area contributed by atoms with E-state index < -0.39 is 0 Å². The van der Waals surface area contributed by atoms with E-state index in [2.05, 4.69) is 54.5 Å². The second-order valence-electron chi connectivity index (χ2n) is 6.51. The van der Waals surface area contributed by atoms with Gasteiger partial charge in [0.1, 0.15) is 6.04 Å². The zero-order valence-electron chi connectivity index (χ0n) is 13.1. The van der Waals surface area contributed by atoms with Crippen molar-refractivity contribution in [1.82, 2.24) is 5.32 Å². The van der Waals surface area contributed by atoms with E-state index in [1.54, 1.807) is 0 Å². The molecule has 0 aliphatic carbocycles. The lowest BCUT2D eigenvalue weighted by Gasteiger charge is -2.19. The van der Waals surface area contributed by atoms with Gasteiger partial charge in [0.25, 0.3) is 0 Å². The van der Waals surface area contributed by atoms with Crippen molar-refractivity contribution in [3.8, 4) is 0 Å². The Hall–Kier alpha value is -1.55. The summed E-state index contributed by atoms with van der Waals surface area (Å²) in [6.45, 7) is 9.80. The van der Waals surface area contributed by atoms with Crippen molar-refractivity contribution in [2.75, 3.05) is 29.9 Å². The van der Waals surface area contributed by atoms with E-state index in [0.29, 0.717) is 0 Å². The van der Waals surface area contributed by atoms with E-state index >= 15 is 0 Å². The molecule has 2 heterocycles. The molecule has 1 fully saturated rings. The summed E-state index contributed by atoms with van der Waals surface area (Å²) in [6.07, 6.45) is 1.03. The van der Waals surface area contributed by atoms with Crippen LogP contribution in [0.5, 0.6) is 0 Å². The average Bonchev–Trinajstić information content (AvgIpc) is 2.96. The molecule has 0 radical (unpaired) electrons. The first kappa shape index (κ1) is 14.4. The van der Waals surface area contributed by atoms with E-state index in [9.17, 15) is 4.79 Å². The minimum absolute atomic E-state index is 0.0683. The van der Waals surface area contributed by atoms with Crippen molar-refractivity contribution < 1.29 is 4.79 Å². The molecule has 2 N–H and O–H groups in total. The molecule has 3 atom stereocenters. The van der Waals surface area contributed by atoms with Gasteiger partial charge in [-0.25, -0.2) is 0 Å². The number of hydrogen-bond acceptors (Lipinski definition) is 3. The monoisotopic (exact) mass is 287 g/mol. The van der Waals surface area contributed by atoms with Crippen molar-refractivity contribution in [3.63, 3.8) is 0 Å². The number of carbonyl (C=O) groups excluding carboxylic acids is 1. The predicted octanol–water partition coefficient (Wildman–Crippen LogP) is 2.77. The van der Waals surface area contributed by atoms with Crippen LogP contribution >= 0.6 is 0 Å². The highest BCUT2D eigenvalue weighted by molar-refractivity contribution is 6.03. The topological polar surface area (TPSA) is 44.4 Å². The van der Waals surface area contributed by atoms with Gasteiger partial charge < -0.3 is 15.5 Å². The molecule has 3 rings (SSSR count). The molecule has 1 aromatic rings. The summed E-state index contributed by atoms with van der Waals surface area (Å²) >= 11 is 0. The lowest BCUT2D eigenvalue weighted by Crippen LogP contribution is -2.27. The first-order chi connectivity index (χ1) is 10.1. The normalized spacial score (nSPS) is 27.9. The number of carbonyl (C=O) groups is 1. The first-order valence-electron chi connectivity index (χ1n) is 8.03. The molecule has 1 amide bonds. The summed E-state index contributed by atoms with van der Waals surface area (Å²) in [4.78, 5) is 14.5. The summed E-state index contributed by atoms with van der Waals surface area (Å²) in [5.41, 5.74) is 3.28. The number of nitrogens with one attached hydrogen (secondary N) is 2. The Morgan fingerprint density at radius 1 is 1.29 bits per heavy atom. The average molecular weight is 287 g/mol. The molecule has 4 nitrogen and oxygen atoms in total. The molecule has 0 saturated carbocycles. The number of amides is 1. The fourth-order valence-corrected chi connectivity index (χ4v) is 3.28. The third-order valence-electron chi connectivity index (χ3n) is 4.82. The third kappa shape index (κ3) is 2.64. The van der Waals surface area contributed by atoms with E-state index in [4.69, 9.17) is 0 Å². The maximum absolute atomic E-state index is 12.1. The summed E-state index contributed by atoms with van der Waals surface area (Å²) in [7, 11) is 0. The summed E-state index contributed by atoms with van der Waals surface area (Å²) in [6, 6.07) is 6.20. The van der Waals surface area contributed by atoms with Crippen molar-refractivity contribution in [1.29, 1.82) is 0 Å². The number of benzene rings is 1. The summed E-state index contributed by atoms with van der Waals surface area (Å²) < 4.78 is 0. The van der Waals surface area contributed by atoms with Crippen LogP contribution < -0.4 is 15.5 Å². The molecule has 1 aromatic carbocycles. The van der Waals surface area contributed by atoms with Crippen LogP contribution in [0.2, 0.25) is 0 Å². The van der Waals surface area contributed by atoms with Gasteiger partial charge in [0.15, 0.2) is 0 Å². The van der Waals surface area contributed by atoms with Crippen LogP contribution in [-0.2, 0) is 4.79 Å². The van der Waals surface area contributed by atoms with E-state index in [-0.39, 0.29) is 11.9 Å². The maximum Gasteiger partial charge on any atom is 0.246 e. The SMILES string of the molecule is CCCNC1C(=O)Nc2cc(N3CC(C)C(C)C3)ccc21. The van der Waals surface area contributed by atoms with Gasteiger partial charge in [-0.15, -0.1) is 0 Å². The predicted molar refractivity (Wildman–Crippen MR) is 86.6 cm³/mol. The standard InChI is InChI=1S/C17H25N3O/c1-4-7-18-16-14-6-5-13(8-15(14)19-17(16)21)20-9-11(2)12(3)10-20/h5-6,8,11-12,16,18H,4,7,9-10H2,1-3H3,(H,19,21). The molecular weight excluding hydrogens is 262 g/mol. The fourth-order valence-electron chi connectivity index (χ4n) is 3.28. The Labute approximate surface area is 126 Å². The van der Waals surface area contributed by atoms with Crippen LogP contribution in [0.4, 0.5) is 11.4 Å². The van der Waals surface area contributed by atoms with Gasteiger partial charge in [-0.1, -0.05) is 26.8 Å². The van der Waals surface area contributed by atoms with Gasteiger partial charge in [0.2, 0.25) is 5.91 Å². The van der Waals surface area contributed by atoms with Gasteiger partial charge in [-0.3, -0.25) is 4.79 Å². The maximum atomic E-state index is 12.1. The number of anilines is 2. The van der Waals surface area contributed by atoms with E-state index in [0.717, 1.165) is 49.1 Å². The smallest absolute Gasteiger partial charge is 0.246 e. The second-order valence-corrected chi connectivity index (χ2v) is 6.51. The second kappa shape index (κ2) is 5.68. The van der Waals surface area contributed by atoms with Gasteiger partial charge in [0, 0.05) is 30.0 Å². The van der Waals surface area contributed by atoms with Gasteiger partial charge in [0.05, 0.1) is 0 Å². The van der Waals surface area contributed by atoms with Crippen LogP contribution in [-0.4, -0.2) is 25.5 Å². The molecule has 21 heavy (non-hydrogen) atoms. The number of hydrogen-bond donors (Lipinski definition) is 2. The number of fused-ring (bicyclic) bond motifs is 1. The number of nitrogens with zero attached hydrogens (tertiary/aromatic N) is 1. The van der Waals surface area contributed by atoms with Crippen LogP contribution in [0.25, 0.3) is 0 Å². The lowest BCUT2D eigenvalue weighted by molar-refractivity contribution is -0.117. The van der Waals surface area contributed by atoms with Crippen LogP contribution in [0.15, 0.2) is 18.2 Å². The lowest BCUT2D eigenvalue weighted by atomic mass is 10.0. The molecule has 4 heteroatoms. The largest absolute Gasteiger partial charge is 0.371 e. The van der Waals surface area contributed by atoms with Crippen LogP contribution in [0, 0.1) is 11.8 Å². The van der Waals surface area contributed by atoms with Gasteiger partial charge in [-0.2, -0.15) is 0 Å². The van der Waals surface area contributed by atoms with Crippen molar-refractivity contribution in [3.05, 3.63) is 23.8 Å². The summed E-state index contributed by atoms with van der Waals surface area (Å²) in [5, 5.41) is 6.33. The highest BCUT2D eigenvalue weighted by Gasteiger charge is 2.31. The Morgan fingerprint density at radius 3 is 2.67 bits per heavy atom. The number of rotatable bonds is 4. The Morgan fingerprint density at radius 2 is 2.00 bits per heavy atom. The van der Waals surface area contributed by atoms with Crippen molar-refractivity contribution in [2.24, 2.45) is 11.8 Å². The molecule has 3 unspecified atom stereocenters. The Bertz CT molecular complexity index is 533. The highest BCUT2D eigenvalue weighted by Crippen LogP contribution is 2.36. The molecule has 0 bridgehead atoms. The molecule has 2 aliphatic heterocycles. The highest BCUT2D eigenvalue weighted by atomic mass is 16.2. The minimum Gasteiger partial charge on any atom is -0.371 e. The molecule has 2 aliphatic rings. The van der Waals surface area contributed by atoms with Crippen molar-refractivity contribution >= 4 is 17.3 Å². The van der Waals surface area contributed by atoms with Crippen LogP contribution in [0.1, 0.15) is 38.8 Å². The molecule has 1 saturated heterocycles. The zero-order chi connectivity index (χ0) is 15.0. The molecule has 114 valence electrons. The van der Waals surface area contributed by atoms with E-state index in [1.807, 2.05) is 0 Å². The Balaban J connectivity index is 1.80. The minimum atomic E-state index is -0.189. The fraction of sp³-hybridized carbons (Fsp3) is 0.588. The third-order valence-corrected chi connectivity index (χ3v) is 4.82. The molecule has 0 spiro atoms. The van der Waals surface area contributed by atoms with E-state index in [1.165, 1.54) is 5.69 Å². The first-order valence-corrected chi connectivity index (χ1v) is 8.03. The molecule has 0 aromatic heterocycles. The van der Waals surface area contributed by atoms with Crippen LogP contribution in [0.3, 0.4) is 0 Å². The summed E-state index contributed by atoms with van der Waals surface area (Å²) in [5.74, 6) is 1.53. The zero-order valence-corrected chi connectivity index (χ0v) is 13.1. The quantitative estimate of drug-likeness (QED) is 0.895. The Kier molecular flexibility index (Phi) is 3.89. The van der Waals surface area contributed by atoms with Gasteiger partial charge in [-0.05, 0) is 36.9 Å².